The van der Waals surface area contributed by atoms with Crippen LogP contribution in [0.15, 0.2) is 30.6 Å². The van der Waals surface area contributed by atoms with Gasteiger partial charge in [0, 0.05) is 18.8 Å². The highest BCUT2D eigenvalue weighted by Crippen LogP contribution is 2.36. The average molecular weight is 425 g/mol. The molecule has 0 unspecified atom stereocenters. The molecule has 2 aromatic rings. The van der Waals surface area contributed by atoms with E-state index in [0.717, 1.165) is 5.69 Å². The van der Waals surface area contributed by atoms with Crippen molar-refractivity contribution in [2.45, 2.75) is 50.9 Å². The van der Waals surface area contributed by atoms with Crippen LogP contribution < -0.4 is 10.2 Å². The van der Waals surface area contributed by atoms with Gasteiger partial charge < -0.3 is 15.3 Å². The summed E-state index contributed by atoms with van der Waals surface area (Å²) in [6.45, 7) is 0.814. The van der Waals surface area contributed by atoms with E-state index in [1.54, 1.807) is 4.90 Å². The number of nitrogens with zero attached hydrogens (tertiary/aromatic N) is 4. The molecule has 1 aliphatic carbocycles. The molecule has 2 N–H and O–H groups in total. The summed E-state index contributed by atoms with van der Waals surface area (Å²) in [7, 11) is 0. The van der Waals surface area contributed by atoms with Gasteiger partial charge in [0.05, 0.1) is 10.8 Å². The maximum atomic E-state index is 11.9. The van der Waals surface area contributed by atoms with Crippen LogP contribution in [0.2, 0.25) is 0 Å². The van der Waals surface area contributed by atoms with E-state index in [1.807, 2.05) is 12.1 Å². The van der Waals surface area contributed by atoms with E-state index in [2.05, 4.69) is 27.4 Å². The Morgan fingerprint density at radius 2 is 1.74 bits per heavy atom. The monoisotopic (exact) mass is 425 g/mol. The first kappa shape index (κ1) is 21.0. The SMILES string of the molecule is O=C(O)C1CCN(c2ncnc(Nc3ccc(C4CCCCC4)cc3)c2[N+](=O)[O-])CC1. The minimum atomic E-state index is -0.823. The fourth-order valence-corrected chi connectivity index (χ4v) is 4.61. The van der Waals surface area contributed by atoms with Gasteiger partial charge in [-0.15, -0.1) is 0 Å². The van der Waals surface area contributed by atoms with Crippen molar-refractivity contribution in [3.05, 3.63) is 46.3 Å². The normalized spacial score (nSPS) is 18.0. The van der Waals surface area contributed by atoms with E-state index in [-0.39, 0.29) is 17.3 Å². The molecule has 0 radical (unpaired) electrons. The van der Waals surface area contributed by atoms with Crippen LogP contribution in [-0.2, 0) is 4.79 Å². The molecule has 164 valence electrons. The van der Waals surface area contributed by atoms with Crippen molar-refractivity contribution < 1.29 is 14.8 Å². The summed E-state index contributed by atoms with van der Waals surface area (Å²) < 4.78 is 0. The van der Waals surface area contributed by atoms with Gasteiger partial charge in [-0.25, -0.2) is 9.97 Å². The molecule has 9 heteroatoms. The highest BCUT2D eigenvalue weighted by Gasteiger charge is 2.31. The first-order valence-electron chi connectivity index (χ1n) is 10.9. The zero-order valence-electron chi connectivity index (χ0n) is 17.4. The molecule has 0 amide bonds. The Morgan fingerprint density at radius 3 is 2.35 bits per heavy atom. The lowest BCUT2D eigenvalue weighted by Crippen LogP contribution is -2.37. The van der Waals surface area contributed by atoms with Crippen molar-refractivity contribution in [3.63, 3.8) is 0 Å². The summed E-state index contributed by atoms with van der Waals surface area (Å²) in [5.74, 6) is -0.282. The van der Waals surface area contributed by atoms with Crippen molar-refractivity contribution in [2.75, 3.05) is 23.3 Å². The molecule has 9 nitrogen and oxygen atoms in total. The number of nitro groups is 1. The molecule has 31 heavy (non-hydrogen) atoms. The number of aliphatic carboxylic acids is 1. The molecule has 1 aromatic heterocycles. The second-order valence-corrected chi connectivity index (χ2v) is 8.33. The van der Waals surface area contributed by atoms with Gasteiger partial charge in [-0.2, -0.15) is 0 Å². The number of anilines is 3. The van der Waals surface area contributed by atoms with Crippen molar-refractivity contribution in [3.8, 4) is 0 Å². The number of hydrogen-bond donors (Lipinski definition) is 2. The maximum absolute atomic E-state index is 11.9. The van der Waals surface area contributed by atoms with E-state index in [9.17, 15) is 20.0 Å². The summed E-state index contributed by atoms with van der Waals surface area (Å²) in [6, 6.07) is 8.05. The Labute approximate surface area is 180 Å². The Balaban J connectivity index is 1.53. The molecule has 0 bridgehead atoms. The molecule has 1 saturated heterocycles. The van der Waals surface area contributed by atoms with Crippen molar-refractivity contribution in [1.29, 1.82) is 0 Å². The first-order valence-corrected chi connectivity index (χ1v) is 10.9. The van der Waals surface area contributed by atoms with Gasteiger partial charge in [-0.1, -0.05) is 31.4 Å². The number of piperidine rings is 1. The van der Waals surface area contributed by atoms with Crippen LogP contribution in [0.3, 0.4) is 0 Å². The second-order valence-electron chi connectivity index (χ2n) is 8.33. The predicted molar refractivity (Wildman–Crippen MR) is 117 cm³/mol. The average Bonchev–Trinajstić information content (AvgIpc) is 2.80. The van der Waals surface area contributed by atoms with Crippen LogP contribution in [0, 0.1) is 16.0 Å². The fraction of sp³-hybridized carbons (Fsp3) is 0.500. The summed E-state index contributed by atoms with van der Waals surface area (Å²) in [6.07, 6.45) is 8.45. The lowest BCUT2D eigenvalue weighted by molar-refractivity contribution is -0.383. The zero-order valence-corrected chi connectivity index (χ0v) is 17.4. The van der Waals surface area contributed by atoms with Crippen LogP contribution in [0.25, 0.3) is 0 Å². The minimum Gasteiger partial charge on any atom is -0.481 e. The molecule has 2 aliphatic rings. The smallest absolute Gasteiger partial charge is 0.353 e. The third kappa shape index (κ3) is 4.76. The molecule has 1 aliphatic heterocycles. The van der Waals surface area contributed by atoms with Gasteiger partial charge >= 0.3 is 11.7 Å². The molecular weight excluding hydrogens is 398 g/mol. The largest absolute Gasteiger partial charge is 0.481 e. The van der Waals surface area contributed by atoms with E-state index in [1.165, 1.54) is 44.0 Å². The lowest BCUT2D eigenvalue weighted by atomic mass is 9.84. The lowest BCUT2D eigenvalue weighted by Gasteiger charge is -2.30. The van der Waals surface area contributed by atoms with Gasteiger partial charge in [0.15, 0.2) is 0 Å². The zero-order chi connectivity index (χ0) is 21.8. The number of carboxylic acid groups (broad SMARTS) is 1. The van der Waals surface area contributed by atoms with E-state index < -0.39 is 16.8 Å². The molecular formula is C22H27N5O4. The van der Waals surface area contributed by atoms with Crippen molar-refractivity contribution >= 4 is 29.0 Å². The highest BCUT2D eigenvalue weighted by atomic mass is 16.6. The van der Waals surface area contributed by atoms with Crippen LogP contribution >= 0.6 is 0 Å². The Morgan fingerprint density at radius 1 is 1.06 bits per heavy atom. The molecule has 2 fully saturated rings. The first-order chi connectivity index (χ1) is 15.0. The number of benzene rings is 1. The van der Waals surface area contributed by atoms with Gasteiger partial charge in [-0.05, 0) is 49.3 Å². The summed E-state index contributed by atoms with van der Waals surface area (Å²) in [4.78, 5) is 32.6. The molecule has 1 saturated carbocycles. The van der Waals surface area contributed by atoms with Gasteiger partial charge in [-0.3, -0.25) is 14.9 Å². The standard InChI is InChI=1S/C22H27N5O4/c28-22(29)17-10-12-26(13-11-17)21-19(27(30)31)20(23-14-24-21)25-18-8-6-16(7-9-18)15-4-2-1-3-5-15/h6-9,14-15,17H,1-5,10-13H2,(H,28,29)(H,23,24,25). The number of hydrogen-bond acceptors (Lipinski definition) is 7. The molecule has 2 heterocycles. The van der Waals surface area contributed by atoms with Crippen LogP contribution in [0.1, 0.15) is 56.4 Å². The summed E-state index contributed by atoms with van der Waals surface area (Å²) >= 11 is 0. The maximum Gasteiger partial charge on any atom is 0.353 e. The molecule has 0 spiro atoms. The second kappa shape index (κ2) is 9.28. The quantitative estimate of drug-likeness (QED) is 0.513. The van der Waals surface area contributed by atoms with Crippen LogP contribution in [0.5, 0.6) is 0 Å². The number of rotatable bonds is 6. The van der Waals surface area contributed by atoms with E-state index in [4.69, 9.17) is 0 Å². The van der Waals surface area contributed by atoms with E-state index in [0.29, 0.717) is 31.8 Å². The van der Waals surface area contributed by atoms with Crippen molar-refractivity contribution in [2.24, 2.45) is 5.92 Å². The minimum absolute atomic E-state index is 0.140. The topological polar surface area (TPSA) is 121 Å². The molecule has 1 aromatic carbocycles. The third-order valence-electron chi connectivity index (χ3n) is 6.38. The summed E-state index contributed by atoms with van der Waals surface area (Å²) in [5, 5.41) is 24.1. The number of carbonyl (C=O) groups is 1. The van der Waals surface area contributed by atoms with Gasteiger partial charge in [0.25, 0.3) is 0 Å². The fourth-order valence-electron chi connectivity index (χ4n) is 4.61. The molecule has 0 atom stereocenters. The Bertz CT molecular complexity index is 935. The summed E-state index contributed by atoms with van der Waals surface area (Å²) in [5.41, 5.74) is 1.86. The third-order valence-corrected chi connectivity index (χ3v) is 6.38. The van der Waals surface area contributed by atoms with Crippen molar-refractivity contribution in [1.82, 2.24) is 9.97 Å². The predicted octanol–water partition coefficient (Wildman–Crippen LogP) is 4.48. The van der Waals surface area contributed by atoms with Crippen LogP contribution in [-0.4, -0.2) is 39.1 Å². The van der Waals surface area contributed by atoms with E-state index >= 15 is 0 Å². The van der Waals surface area contributed by atoms with Crippen LogP contribution in [0.4, 0.5) is 23.0 Å². The molecule has 4 rings (SSSR count). The van der Waals surface area contributed by atoms with Gasteiger partial charge in [0.2, 0.25) is 11.6 Å². The number of nitrogens with one attached hydrogen (secondary N) is 1. The number of aromatic nitrogens is 2. The Kier molecular flexibility index (Phi) is 6.29. The highest BCUT2D eigenvalue weighted by molar-refractivity contribution is 5.75. The number of carboxylic acids is 1. The Hall–Kier alpha value is -3.23. The van der Waals surface area contributed by atoms with Gasteiger partial charge in [0.1, 0.15) is 6.33 Å².